The summed E-state index contributed by atoms with van der Waals surface area (Å²) in [6.07, 6.45) is 0. The van der Waals surface area contributed by atoms with Gasteiger partial charge in [0.2, 0.25) is 0 Å². The highest BCUT2D eigenvalue weighted by Crippen LogP contribution is 2.42. The van der Waals surface area contributed by atoms with Crippen molar-refractivity contribution in [3.05, 3.63) is 218 Å². The maximum atomic E-state index is 5.36. The highest BCUT2D eigenvalue weighted by Gasteiger charge is 2.21. The minimum absolute atomic E-state index is 0.701. The number of para-hydroxylation sites is 3. The van der Waals surface area contributed by atoms with E-state index < -0.39 is 0 Å². The van der Waals surface area contributed by atoms with Gasteiger partial charge >= 0.3 is 0 Å². The minimum Gasteiger partial charge on any atom is -0.309 e. The number of nitrogens with zero attached hydrogens (tertiary/aromatic N) is 4. The standard InChI is InChI=1S/C56H36N4/c1-4-16-39(17-5-1)53-36-49-52(59(53)42-19-6-2-7-20-42)34-32-46-48-35-41(31-33-51(48)60(55(46)49)43-21-8-3-9-22-43)56-57-50-26-13-12-24-47(50)54(58-56)40-29-27-38(28-30-40)45-25-14-18-37-15-10-11-23-44(37)45/h1-36H. The Bertz CT molecular complexity index is 3560. The van der Waals surface area contributed by atoms with Gasteiger partial charge in [-0.3, -0.25) is 0 Å². The Hall–Kier alpha value is -8.08. The summed E-state index contributed by atoms with van der Waals surface area (Å²) in [6.45, 7) is 0. The van der Waals surface area contributed by atoms with Crippen LogP contribution in [-0.4, -0.2) is 19.1 Å². The van der Waals surface area contributed by atoms with Crippen molar-refractivity contribution in [1.29, 1.82) is 0 Å². The van der Waals surface area contributed by atoms with Crippen LogP contribution in [0.4, 0.5) is 0 Å². The zero-order valence-corrected chi connectivity index (χ0v) is 32.6. The quantitative estimate of drug-likeness (QED) is 0.169. The number of fused-ring (bicyclic) bond motifs is 7. The van der Waals surface area contributed by atoms with Crippen molar-refractivity contribution >= 4 is 54.4 Å². The van der Waals surface area contributed by atoms with Gasteiger partial charge in [0.15, 0.2) is 5.82 Å². The minimum atomic E-state index is 0.701. The lowest BCUT2D eigenvalue weighted by Crippen LogP contribution is -1.97. The third-order valence-corrected chi connectivity index (χ3v) is 11.9. The van der Waals surface area contributed by atoms with E-state index in [1.54, 1.807) is 0 Å². The maximum absolute atomic E-state index is 5.36. The lowest BCUT2D eigenvalue weighted by Gasteiger charge is -2.12. The maximum Gasteiger partial charge on any atom is 0.160 e. The van der Waals surface area contributed by atoms with E-state index >= 15 is 0 Å². The third kappa shape index (κ3) is 5.46. The van der Waals surface area contributed by atoms with E-state index in [0.29, 0.717) is 5.82 Å². The van der Waals surface area contributed by atoms with Crippen molar-refractivity contribution in [3.8, 4) is 56.4 Å². The first kappa shape index (κ1) is 34.0. The van der Waals surface area contributed by atoms with Gasteiger partial charge in [-0.25, -0.2) is 9.97 Å². The van der Waals surface area contributed by atoms with Gasteiger partial charge in [0.25, 0.3) is 0 Å². The van der Waals surface area contributed by atoms with Crippen molar-refractivity contribution in [3.63, 3.8) is 0 Å². The molecule has 0 unspecified atom stereocenters. The highest BCUT2D eigenvalue weighted by molar-refractivity contribution is 6.20. The van der Waals surface area contributed by atoms with E-state index in [1.807, 2.05) is 0 Å². The average molecular weight is 765 g/mol. The zero-order valence-electron chi connectivity index (χ0n) is 32.6. The largest absolute Gasteiger partial charge is 0.309 e. The van der Waals surface area contributed by atoms with E-state index in [-0.39, 0.29) is 0 Å². The van der Waals surface area contributed by atoms with Gasteiger partial charge in [-0.2, -0.15) is 0 Å². The third-order valence-electron chi connectivity index (χ3n) is 11.9. The van der Waals surface area contributed by atoms with Crippen LogP contribution in [0.2, 0.25) is 0 Å². The first-order valence-electron chi connectivity index (χ1n) is 20.4. The summed E-state index contributed by atoms with van der Waals surface area (Å²) in [5, 5.41) is 7.03. The molecule has 280 valence electrons. The molecule has 0 amide bonds. The molecule has 0 radical (unpaired) electrons. The summed E-state index contributed by atoms with van der Waals surface area (Å²) in [4.78, 5) is 10.5. The van der Waals surface area contributed by atoms with Gasteiger partial charge in [-0.1, -0.05) is 158 Å². The van der Waals surface area contributed by atoms with Crippen LogP contribution in [0.1, 0.15) is 0 Å². The Labute approximate surface area is 346 Å². The molecule has 4 nitrogen and oxygen atoms in total. The predicted molar refractivity (Wildman–Crippen MR) is 250 cm³/mol. The molecule has 0 saturated heterocycles. The van der Waals surface area contributed by atoms with E-state index in [9.17, 15) is 0 Å². The Morgan fingerprint density at radius 3 is 1.72 bits per heavy atom. The fourth-order valence-corrected chi connectivity index (χ4v) is 9.16. The van der Waals surface area contributed by atoms with Gasteiger partial charge in [0, 0.05) is 44.0 Å². The molecule has 0 aliphatic rings. The zero-order chi connectivity index (χ0) is 39.6. The molecule has 3 heterocycles. The van der Waals surface area contributed by atoms with Crippen molar-refractivity contribution in [1.82, 2.24) is 19.1 Å². The van der Waals surface area contributed by atoms with Gasteiger partial charge in [-0.05, 0) is 88.1 Å². The second-order valence-corrected chi connectivity index (χ2v) is 15.4. The Balaban J connectivity index is 1.06. The smallest absolute Gasteiger partial charge is 0.160 e. The predicted octanol–water partition coefficient (Wildman–Crippen LogP) is 14.5. The number of hydrogen-bond donors (Lipinski definition) is 0. The molecule has 0 fully saturated rings. The molecule has 12 rings (SSSR count). The second kappa shape index (κ2) is 13.8. The fourth-order valence-electron chi connectivity index (χ4n) is 9.16. The van der Waals surface area contributed by atoms with Crippen LogP contribution in [0.5, 0.6) is 0 Å². The first-order chi connectivity index (χ1) is 29.8. The molecular weight excluding hydrogens is 729 g/mol. The SMILES string of the molecule is c1ccc(-c2cc3c(ccc4c5cc(-c6nc(-c7ccc(-c8cccc9ccccc89)cc7)c7ccccc7n6)ccc5n(-c5ccccc5)c43)n2-c2ccccc2)cc1. The average Bonchev–Trinajstić information content (AvgIpc) is 3.88. The van der Waals surface area contributed by atoms with E-state index in [1.165, 1.54) is 43.8 Å². The van der Waals surface area contributed by atoms with Gasteiger partial charge in [0.05, 0.1) is 33.5 Å². The lowest BCUT2D eigenvalue weighted by atomic mass is 9.96. The van der Waals surface area contributed by atoms with Gasteiger partial charge in [-0.15, -0.1) is 0 Å². The monoisotopic (exact) mass is 764 g/mol. The first-order valence-corrected chi connectivity index (χ1v) is 20.4. The molecule has 12 aromatic rings. The van der Waals surface area contributed by atoms with Crippen molar-refractivity contribution < 1.29 is 0 Å². The molecule has 60 heavy (non-hydrogen) atoms. The van der Waals surface area contributed by atoms with Crippen LogP contribution in [0.25, 0.3) is 111 Å². The number of benzene rings is 9. The Morgan fingerprint density at radius 1 is 0.333 bits per heavy atom. The molecule has 9 aromatic carbocycles. The number of hydrogen-bond acceptors (Lipinski definition) is 2. The molecular formula is C56H36N4. The van der Waals surface area contributed by atoms with Crippen LogP contribution in [0, 0.1) is 0 Å². The summed E-state index contributed by atoms with van der Waals surface area (Å²) >= 11 is 0. The molecule has 4 heteroatoms. The fraction of sp³-hybridized carbons (Fsp3) is 0. The molecule has 0 spiro atoms. The summed E-state index contributed by atoms with van der Waals surface area (Å²) in [6, 6.07) is 78.0. The molecule has 0 aliphatic heterocycles. The Morgan fingerprint density at radius 2 is 0.933 bits per heavy atom. The second-order valence-electron chi connectivity index (χ2n) is 15.4. The van der Waals surface area contributed by atoms with E-state index in [2.05, 4.69) is 228 Å². The molecule has 0 bridgehead atoms. The molecule has 0 saturated carbocycles. The van der Waals surface area contributed by atoms with Crippen molar-refractivity contribution in [2.75, 3.05) is 0 Å². The molecule has 0 atom stereocenters. The topological polar surface area (TPSA) is 35.6 Å². The Kier molecular flexibility index (Phi) is 7.82. The summed E-state index contributed by atoms with van der Waals surface area (Å²) in [5.74, 6) is 0.701. The van der Waals surface area contributed by atoms with Crippen molar-refractivity contribution in [2.24, 2.45) is 0 Å². The van der Waals surface area contributed by atoms with E-state index in [0.717, 1.165) is 61.2 Å². The normalized spacial score (nSPS) is 11.7. The summed E-state index contributed by atoms with van der Waals surface area (Å²) in [5.41, 5.74) is 14.3. The van der Waals surface area contributed by atoms with Gasteiger partial charge in [0.1, 0.15) is 0 Å². The number of aromatic nitrogens is 4. The molecule has 3 aromatic heterocycles. The lowest BCUT2D eigenvalue weighted by molar-refractivity contribution is 1.13. The van der Waals surface area contributed by atoms with Crippen molar-refractivity contribution in [2.45, 2.75) is 0 Å². The summed E-state index contributed by atoms with van der Waals surface area (Å²) in [7, 11) is 0. The van der Waals surface area contributed by atoms with Crippen LogP contribution in [-0.2, 0) is 0 Å². The van der Waals surface area contributed by atoms with Crippen LogP contribution in [0.15, 0.2) is 218 Å². The highest BCUT2D eigenvalue weighted by atomic mass is 15.0. The van der Waals surface area contributed by atoms with Crippen LogP contribution in [0.3, 0.4) is 0 Å². The van der Waals surface area contributed by atoms with Crippen LogP contribution >= 0.6 is 0 Å². The number of rotatable bonds is 6. The molecule has 0 aliphatic carbocycles. The molecule has 0 N–H and O–H groups in total. The summed E-state index contributed by atoms with van der Waals surface area (Å²) < 4.78 is 4.81. The van der Waals surface area contributed by atoms with Crippen LogP contribution < -0.4 is 0 Å². The van der Waals surface area contributed by atoms with Gasteiger partial charge < -0.3 is 9.13 Å². The van der Waals surface area contributed by atoms with E-state index in [4.69, 9.17) is 9.97 Å².